The van der Waals surface area contributed by atoms with E-state index in [4.69, 9.17) is 23.2 Å². The Morgan fingerprint density at radius 3 is 2.63 bits per heavy atom. The number of aryl methyl sites for hydroxylation is 1. The number of fused-ring (bicyclic) bond motifs is 1. The quantitative estimate of drug-likeness (QED) is 0.505. The molecule has 0 aliphatic carbocycles. The first-order valence-corrected chi connectivity index (χ1v) is 8.94. The zero-order chi connectivity index (χ0) is 19.0. The maximum absolute atomic E-state index is 12.8. The average molecular weight is 397 g/mol. The number of hydrogen-bond acceptors (Lipinski definition) is 3. The van der Waals surface area contributed by atoms with E-state index >= 15 is 0 Å². The number of rotatable bonds is 3. The predicted molar refractivity (Wildman–Crippen MR) is 109 cm³/mol. The van der Waals surface area contributed by atoms with Gasteiger partial charge in [-0.3, -0.25) is 9.78 Å². The zero-order valence-corrected chi connectivity index (χ0v) is 15.8. The first-order valence-electron chi connectivity index (χ1n) is 8.19. The van der Waals surface area contributed by atoms with Crippen molar-refractivity contribution in [2.24, 2.45) is 0 Å². The second kappa shape index (κ2) is 7.02. The molecule has 4 aromatic rings. The zero-order valence-electron chi connectivity index (χ0n) is 14.3. The number of nitrogens with zero attached hydrogens (tertiary/aromatic N) is 4. The van der Waals surface area contributed by atoms with Crippen LogP contribution in [0.2, 0.25) is 10.0 Å². The number of pyridine rings is 1. The van der Waals surface area contributed by atoms with E-state index < -0.39 is 0 Å². The fourth-order valence-corrected chi connectivity index (χ4v) is 3.18. The summed E-state index contributed by atoms with van der Waals surface area (Å²) in [6, 6.07) is 12.4. The smallest absolute Gasteiger partial charge is 0.267 e. The lowest BCUT2D eigenvalue weighted by molar-refractivity contribution is 0.743. The molecular formula is C20H14Cl2N4O. The molecule has 134 valence electrons. The van der Waals surface area contributed by atoms with Crippen molar-refractivity contribution in [2.75, 3.05) is 0 Å². The molecule has 0 amide bonds. The first kappa shape index (κ1) is 17.5. The summed E-state index contributed by atoms with van der Waals surface area (Å²) in [5.41, 5.74) is 3.46. The molecule has 0 radical (unpaired) electrons. The lowest BCUT2D eigenvalue weighted by Gasteiger charge is -2.10. The minimum atomic E-state index is -0.190. The lowest BCUT2D eigenvalue weighted by atomic mass is 10.2. The molecule has 7 heteroatoms. The van der Waals surface area contributed by atoms with Gasteiger partial charge in [-0.2, -0.15) is 4.52 Å². The van der Waals surface area contributed by atoms with Crippen LogP contribution < -0.4 is 5.56 Å². The van der Waals surface area contributed by atoms with Crippen molar-refractivity contribution in [3.8, 4) is 5.69 Å². The molecule has 3 aromatic heterocycles. The van der Waals surface area contributed by atoms with E-state index in [2.05, 4.69) is 9.97 Å². The molecule has 0 atom stereocenters. The van der Waals surface area contributed by atoms with E-state index in [-0.39, 0.29) is 5.56 Å². The Morgan fingerprint density at radius 2 is 1.89 bits per heavy atom. The summed E-state index contributed by atoms with van der Waals surface area (Å²) >= 11 is 12.1. The van der Waals surface area contributed by atoms with Crippen LogP contribution in [0.3, 0.4) is 0 Å². The molecule has 0 saturated carbocycles. The summed E-state index contributed by atoms with van der Waals surface area (Å²) in [6.07, 6.45) is 7.12. The van der Waals surface area contributed by atoms with E-state index in [1.54, 1.807) is 35.3 Å². The molecule has 5 nitrogen and oxygen atoms in total. The Labute approximate surface area is 165 Å². The van der Waals surface area contributed by atoms with Crippen molar-refractivity contribution in [2.45, 2.75) is 6.92 Å². The Hall–Kier alpha value is -2.89. The van der Waals surface area contributed by atoms with Gasteiger partial charge in [-0.15, -0.1) is 0 Å². The molecule has 0 unspecified atom stereocenters. The summed E-state index contributed by atoms with van der Waals surface area (Å²) in [5, 5.41) is 0.885. The van der Waals surface area contributed by atoms with Crippen molar-refractivity contribution in [1.29, 1.82) is 0 Å². The van der Waals surface area contributed by atoms with Crippen LogP contribution in [0.4, 0.5) is 0 Å². The second-order valence-electron chi connectivity index (χ2n) is 6.00. The highest BCUT2D eigenvalue weighted by molar-refractivity contribution is 6.42. The minimum Gasteiger partial charge on any atom is -0.267 e. The Kier molecular flexibility index (Phi) is 4.56. The SMILES string of the molecule is Cc1cc2nc(/C=C/c3cccnc3)cc(=O)n2n1-c1ccc(Cl)c(Cl)c1. The molecule has 0 fully saturated rings. The summed E-state index contributed by atoms with van der Waals surface area (Å²) < 4.78 is 3.28. The van der Waals surface area contributed by atoms with Crippen molar-refractivity contribution in [1.82, 2.24) is 19.2 Å². The molecule has 0 N–H and O–H groups in total. The molecule has 0 aliphatic heterocycles. The highest BCUT2D eigenvalue weighted by atomic mass is 35.5. The number of aromatic nitrogens is 4. The number of hydrogen-bond donors (Lipinski definition) is 0. The van der Waals surface area contributed by atoms with E-state index in [9.17, 15) is 4.79 Å². The standard InChI is InChI=1S/C20H14Cl2N4O/c1-13-9-19-24-15(5-4-14-3-2-8-23-12-14)10-20(27)26(19)25(13)16-6-7-17(21)18(22)11-16/h2-12H,1H3/b5-4+. The normalized spacial score (nSPS) is 11.5. The third kappa shape index (κ3) is 3.39. The highest BCUT2D eigenvalue weighted by Crippen LogP contribution is 2.25. The maximum atomic E-state index is 12.8. The lowest BCUT2D eigenvalue weighted by Crippen LogP contribution is -2.20. The molecule has 0 aliphatic rings. The highest BCUT2D eigenvalue weighted by Gasteiger charge is 2.12. The third-order valence-electron chi connectivity index (χ3n) is 4.09. The van der Waals surface area contributed by atoms with Gasteiger partial charge in [0, 0.05) is 30.2 Å². The monoisotopic (exact) mass is 396 g/mol. The minimum absolute atomic E-state index is 0.190. The number of benzene rings is 1. The van der Waals surface area contributed by atoms with Crippen LogP contribution in [0, 0.1) is 6.92 Å². The number of halogens is 2. The van der Waals surface area contributed by atoms with E-state index in [0.29, 0.717) is 21.4 Å². The van der Waals surface area contributed by atoms with Crippen molar-refractivity contribution < 1.29 is 0 Å². The van der Waals surface area contributed by atoms with Crippen LogP contribution in [-0.4, -0.2) is 19.2 Å². The summed E-state index contributed by atoms with van der Waals surface area (Å²) in [7, 11) is 0. The van der Waals surface area contributed by atoms with E-state index in [1.165, 1.54) is 10.6 Å². The van der Waals surface area contributed by atoms with Crippen molar-refractivity contribution in [3.63, 3.8) is 0 Å². The second-order valence-corrected chi connectivity index (χ2v) is 6.82. The third-order valence-corrected chi connectivity index (χ3v) is 4.83. The van der Waals surface area contributed by atoms with Crippen LogP contribution in [0.1, 0.15) is 17.0 Å². The average Bonchev–Trinajstić information content (AvgIpc) is 2.99. The summed E-state index contributed by atoms with van der Waals surface area (Å²) in [5.74, 6) is 0. The van der Waals surface area contributed by atoms with Gasteiger partial charge in [0.1, 0.15) is 0 Å². The molecule has 0 bridgehead atoms. The van der Waals surface area contributed by atoms with Gasteiger partial charge >= 0.3 is 0 Å². The van der Waals surface area contributed by atoms with Crippen LogP contribution in [0.25, 0.3) is 23.5 Å². The summed E-state index contributed by atoms with van der Waals surface area (Å²) in [6.45, 7) is 1.90. The van der Waals surface area contributed by atoms with Crippen LogP contribution in [-0.2, 0) is 0 Å². The van der Waals surface area contributed by atoms with Gasteiger partial charge in [0.25, 0.3) is 5.56 Å². The molecule has 27 heavy (non-hydrogen) atoms. The Morgan fingerprint density at radius 1 is 1.04 bits per heavy atom. The van der Waals surface area contributed by atoms with Gasteiger partial charge in [-0.05, 0) is 42.8 Å². The van der Waals surface area contributed by atoms with Gasteiger partial charge in [-0.1, -0.05) is 35.3 Å². The largest absolute Gasteiger partial charge is 0.273 e. The molecule has 0 spiro atoms. The Bertz CT molecular complexity index is 1230. The maximum Gasteiger partial charge on any atom is 0.273 e. The molecule has 3 heterocycles. The van der Waals surface area contributed by atoms with Crippen molar-refractivity contribution >= 4 is 41.0 Å². The Balaban J connectivity index is 1.82. The molecular weight excluding hydrogens is 383 g/mol. The van der Waals surface area contributed by atoms with Gasteiger partial charge in [0.05, 0.1) is 21.4 Å². The topological polar surface area (TPSA) is 52.2 Å². The fourth-order valence-electron chi connectivity index (χ4n) is 2.89. The molecule has 0 saturated heterocycles. The van der Waals surface area contributed by atoms with E-state index in [0.717, 1.165) is 16.9 Å². The van der Waals surface area contributed by atoms with Gasteiger partial charge < -0.3 is 0 Å². The first-order chi connectivity index (χ1) is 13.0. The van der Waals surface area contributed by atoms with Gasteiger partial charge in [0.15, 0.2) is 5.65 Å². The van der Waals surface area contributed by atoms with Crippen LogP contribution in [0.5, 0.6) is 0 Å². The van der Waals surface area contributed by atoms with Gasteiger partial charge in [0.2, 0.25) is 0 Å². The predicted octanol–water partition coefficient (Wildman–Crippen LogP) is 4.67. The van der Waals surface area contributed by atoms with E-state index in [1.807, 2.05) is 37.3 Å². The molecule has 1 aromatic carbocycles. The van der Waals surface area contributed by atoms with Crippen LogP contribution >= 0.6 is 23.2 Å². The fraction of sp³-hybridized carbons (Fsp3) is 0.0500. The molecule has 4 rings (SSSR count). The summed E-state index contributed by atoms with van der Waals surface area (Å²) in [4.78, 5) is 21.4. The van der Waals surface area contributed by atoms with Crippen LogP contribution in [0.15, 0.2) is 59.7 Å². The van der Waals surface area contributed by atoms with Crippen molar-refractivity contribution in [3.05, 3.63) is 92.2 Å². The van der Waals surface area contributed by atoms with Gasteiger partial charge in [-0.25, -0.2) is 9.67 Å².